The van der Waals surface area contributed by atoms with Crippen LogP contribution in [0.2, 0.25) is 0 Å². The summed E-state index contributed by atoms with van der Waals surface area (Å²) in [7, 11) is 1.44. The zero-order chi connectivity index (χ0) is 56.1. The summed E-state index contributed by atoms with van der Waals surface area (Å²) in [5, 5.41) is 0. The van der Waals surface area contributed by atoms with Gasteiger partial charge in [-0.3, -0.25) is 29.0 Å². The number of esters is 4. The van der Waals surface area contributed by atoms with E-state index in [9.17, 15) is 19.2 Å². The highest BCUT2D eigenvalue weighted by Crippen LogP contribution is 2.23. The van der Waals surface area contributed by atoms with Crippen LogP contribution in [0.15, 0.2) is 0 Å². The maximum Gasteiger partial charge on any atom is 0.307 e. The largest absolute Gasteiger partial charge is 0.469 e. The molecule has 1 aliphatic carbocycles. The zero-order valence-electron chi connectivity index (χ0n) is 51.7. The van der Waals surface area contributed by atoms with Crippen molar-refractivity contribution in [3.05, 3.63) is 0 Å². The summed E-state index contributed by atoms with van der Waals surface area (Å²) in [6, 6.07) is 0.871. The van der Waals surface area contributed by atoms with Crippen LogP contribution in [0.25, 0.3) is 0 Å². The number of unbranched alkanes of at least 4 members (excludes halogenated alkanes) is 27. The zero-order valence-corrected chi connectivity index (χ0v) is 51.7. The number of ether oxygens (including phenoxy) is 4. The van der Waals surface area contributed by atoms with E-state index in [2.05, 4.69) is 54.2 Å². The summed E-state index contributed by atoms with van der Waals surface area (Å²) < 4.78 is 22.2. The predicted octanol–water partition coefficient (Wildman–Crippen LogP) is 15.5. The van der Waals surface area contributed by atoms with Crippen molar-refractivity contribution >= 4 is 23.9 Å². The van der Waals surface area contributed by atoms with Crippen LogP contribution in [0.1, 0.15) is 291 Å². The molecule has 0 aliphatic heterocycles. The Kier molecular flexibility index (Phi) is 51.3. The molecular weight excluding hydrogens is 965 g/mol. The lowest BCUT2D eigenvalue weighted by molar-refractivity contribution is -0.145. The van der Waals surface area contributed by atoms with E-state index >= 15 is 0 Å². The molecule has 0 aromatic carbocycles. The molecule has 0 N–H and O–H groups in total. The molecule has 0 aromatic rings. The molecule has 1 fully saturated rings. The second kappa shape index (κ2) is 54.3. The first-order chi connectivity index (χ1) is 37.7. The molecule has 1 unspecified atom stereocenters. The van der Waals surface area contributed by atoms with Crippen molar-refractivity contribution in [2.75, 3.05) is 92.4 Å². The fraction of sp³-hybridized carbons (Fsp3) is 0.938. The third-order valence-electron chi connectivity index (χ3n) is 16.4. The Morgan fingerprint density at radius 1 is 0.377 bits per heavy atom. The molecule has 1 rings (SSSR count). The molecule has 1 aliphatic rings. The lowest BCUT2D eigenvalue weighted by Crippen LogP contribution is -2.48. The van der Waals surface area contributed by atoms with E-state index in [-0.39, 0.29) is 23.9 Å². The van der Waals surface area contributed by atoms with Gasteiger partial charge in [-0.15, -0.1) is 0 Å². The monoisotopic (exact) mass is 1090 g/mol. The maximum atomic E-state index is 13.1. The van der Waals surface area contributed by atoms with Crippen molar-refractivity contribution in [3.63, 3.8) is 0 Å². The molecule has 0 spiro atoms. The summed E-state index contributed by atoms with van der Waals surface area (Å²) in [4.78, 5) is 61.2. The van der Waals surface area contributed by atoms with Gasteiger partial charge in [0.1, 0.15) is 0 Å². The van der Waals surface area contributed by atoms with Gasteiger partial charge >= 0.3 is 23.9 Å². The Morgan fingerprint density at radius 2 is 0.675 bits per heavy atom. The predicted molar refractivity (Wildman–Crippen MR) is 322 cm³/mol. The quantitative estimate of drug-likeness (QED) is 0.0328. The van der Waals surface area contributed by atoms with Crippen molar-refractivity contribution < 1.29 is 38.1 Å². The Morgan fingerprint density at radius 3 is 1.01 bits per heavy atom. The van der Waals surface area contributed by atoms with Crippen molar-refractivity contribution in [2.24, 2.45) is 0 Å². The summed E-state index contributed by atoms with van der Waals surface area (Å²) in [6.45, 7) is 20.1. The highest BCUT2D eigenvalue weighted by Gasteiger charge is 2.25. The fourth-order valence-corrected chi connectivity index (χ4v) is 10.8. The average molecular weight is 1090 g/mol. The molecular formula is C65H126N4O8. The van der Waals surface area contributed by atoms with Crippen LogP contribution in [-0.4, -0.2) is 148 Å². The first-order valence-electron chi connectivity index (χ1n) is 33.1. The smallest absolute Gasteiger partial charge is 0.307 e. The Hall–Kier alpha value is -2.28. The van der Waals surface area contributed by atoms with Gasteiger partial charge in [0, 0.05) is 77.5 Å². The average Bonchev–Trinajstić information content (AvgIpc) is 3.44. The SMILES string of the molecule is CCCCCCCCCCCCOC(=O)CCN(CCC(=O)OCCCCCCCCCCCC)CCN(CCN(CCN(CCC(=O)OC)CCC(=O)OCCCCCCCCCCCC)C1CCCCC1)C(C)CC. The van der Waals surface area contributed by atoms with Gasteiger partial charge in [-0.25, -0.2) is 0 Å². The number of carbonyl (C=O) groups excluding carboxylic acids is 4. The summed E-state index contributed by atoms with van der Waals surface area (Å²) in [6.07, 6.45) is 45.7. The van der Waals surface area contributed by atoms with E-state index in [1.807, 2.05) is 0 Å². The standard InChI is InChI=1S/C65H126N4O8/c1-7-11-14-17-20-23-26-29-32-38-57-75-63(71)44-48-66(47-43-62(70)74-6)52-54-69(61-41-36-35-37-42-61)56-55-68(60(5)10-4)53-51-67(49-45-64(72)76-58-39-33-30-27-24-21-18-15-12-8-2)50-46-65(73)77-59-40-34-31-28-25-22-19-16-13-9-3/h60-61H,7-59H2,1-6H3. The van der Waals surface area contributed by atoms with Crippen LogP contribution in [0.5, 0.6) is 0 Å². The van der Waals surface area contributed by atoms with E-state index in [0.717, 1.165) is 84.2 Å². The molecule has 0 heterocycles. The van der Waals surface area contributed by atoms with E-state index < -0.39 is 0 Å². The molecule has 0 amide bonds. The van der Waals surface area contributed by atoms with E-state index in [1.54, 1.807) is 0 Å². The van der Waals surface area contributed by atoms with Crippen molar-refractivity contribution in [1.82, 2.24) is 19.6 Å². The van der Waals surface area contributed by atoms with Crippen molar-refractivity contribution in [3.8, 4) is 0 Å². The number of methoxy groups -OCH3 is 1. The second-order valence-electron chi connectivity index (χ2n) is 23.1. The highest BCUT2D eigenvalue weighted by molar-refractivity contribution is 5.70. The Labute approximate surface area is 475 Å². The van der Waals surface area contributed by atoms with Crippen molar-refractivity contribution in [2.45, 2.75) is 304 Å². The Balaban J connectivity index is 2.87. The summed E-state index contributed by atoms with van der Waals surface area (Å²) in [5.74, 6) is -0.700. The molecule has 0 aromatic heterocycles. The molecule has 12 heteroatoms. The first kappa shape index (κ1) is 72.7. The molecule has 12 nitrogen and oxygen atoms in total. The van der Waals surface area contributed by atoms with Gasteiger partial charge in [0.2, 0.25) is 0 Å². The van der Waals surface area contributed by atoms with Crippen molar-refractivity contribution in [1.29, 1.82) is 0 Å². The van der Waals surface area contributed by atoms with E-state index in [1.165, 1.54) is 193 Å². The fourth-order valence-electron chi connectivity index (χ4n) is 10.8. The highest BCUT2D eigenvalue weighted by atomic mass is 16.5. The lowest BCUT2D eigenvalue weighted by atomic mass is 9.94. The molecule has 77 heavy (non-hydrogen) atoms. The molecule has 0 radical (unpaired) electrons. The number of rotatable bonds is 57. The Bertz CT molecular complexity index is 1310. The van der Waals surface area contributed by atoms with Gasteiger partial charge < -0.3 is 28.7 Å². The van der Waals surface area contributed by atoms with Crippen LogP contribution in [0, 0.1) is 0 Å². The van der Waals surface area contributed by atoms with Gasteiger partial charge in [-0.05, 0) is 45.4 Å². The number of hydrogen-bond donors (Lipinski definition) is 0. The van der Waals surface area contributed by atoms with Crippen LogP contribution in [0.4, 0.5) is 0 Å². The summed E-state index contributed by atoms with van der Waals surface area (Å²) >= 11 is 0. The number of nitrogens with zero attached hydrogens (tertiary/aromatic N) is 4. The minimum atomic E-state index is -0.233. The third kappa shape index (κ3) is 45.1. The molecule has 0 saturated heterocycles. The van der Waals surface area contributed by atoms with Gasteiger partial charge in [-0.1, -0.05) is 220 Å². The topological polar surface area (TPSA) is 118 Å². The van der Waals surface area contributed by atoms with Gasteiger partial charge in [0.25, 0.3) is 0 Å². The lowest BCUT2D eigenvalue weighted by Gasteiger charge is -2.38. The molecule has 454 valence electrons. The molecule has 1 atom stereocenters. The molecule has 0 bridgehead atoms. The van der Waals surface area contributed by atoms with Gasteiger partial charge in [0.15, 0.2) is 0 Å². The maximum absolute atomic E-state index is 13.1. The minimum Gasteiger partial charge on any atom is -0.469 e. The minimum absolute atomic E-state index is 0.154. The molecule has 1 saturated carbocycles. The third-order valence-corrected chi connectivity index (χ3v) is 16.4. The van der Waals surface area contributed by atoms with Crippen LogP contribution < -0.4 is 0 Å². The van der Waals surface area contributed by atoms with E-state index in [4.69, 9.17) is 18.9 Å². The van der Waals surface area contributed by atoms with Crippen LogP contribution >= 0.6 is 0 Å². The first-order valence-corrected chi connectivity index (χ1v) is 33.1. The van der Waals surface area contributed by atoms with Gasteiger partial charge in [0.05, 0.1) is 52.6 Å². The number of hydrogen-bond acceptors (Lipinski definition) is 12. The van der Waals surface area contributed by atoms with Crippen LogP contribution in [0.3, 0.4) is 0 Å². The van der Waals surface area contributed by atoms with E-state index in [0.29, 0.717) is 83.8 Å². The van der Waals surface area contributed by atoms with Crippen LogP contribution in [-0.2, 0) is 38.1 Å². The van der Waals surface area contributed by atoms with Gasteiger partial charge in [-0.2, -0.15) is 0 Å². The second-order valence-corrected chi connectivity index (χ2v) is 23.1. The summed E-state index contributed by atoms with van der Waals surface area (Å²) in [5.41, 5.74) is 0. The normalized spacial score (nSPS) is 13.5. The number of carbonyl (C=O) groups is 4.